The molecule has 0 unspecified atom stereocenters. The van der Waals surface area contributed by atoms with Crippen LogP contribution in [0.2, 0.25) is 0 Å². The summed E-state index contributed by atoms with van der Waals surface area (Å²) < 4.78 is 18.6. The molecular formula is C27H27NO4S. The van der Waals surface area contributed by atoms with Crippen LogP contribution in [-0.4, -0.2) is 43.4 Å². The Labute approximate surface area is 197 Å². The average Bonchev–Trinajstić information content (AvgIpc) is 3.48. The van der Waals surface area contributed by atoms with Crippen LogP contribution in [0.4, 0.5) is 0 Å². The average molecular weight is 462 g/mol. The topological polar surface area (TPSA) is 51.2 Å². The van der Waals surface area contributed by atoms with Crippen LogP contribution in [0.1, 0.15) is 12.8 Å². The maximum absolute atomic E-state index is 9.96. The van der Waals surface area contributed by atoms with E-state index in [9.17, 15) is 5.11 Å². The van der Waals surface area contributed by atoms with Gasteiger partial charge in [0.15, 0.2) is 5.75 Å². The molecule has 0 atom stereocenters. The van der Waals surface area contributed by atoms with Gasteiger partial charge >= 0.3 is 0 Å². The van der Waals surface area contributed by atoms with Crippen molar-refractivity contribution in [3.63, 3.8) is 0 Å². The molecule has 0 radical (unpaired) electrons. The zero-order chi connectivity index (χ0) is 22.6. The standard InChI is InChI=1S/C27H27NO4S/c1-30-21-7-4-19(5-8-21)27-26(24-13-6-20(29)18-25(24)33-27)32-23-11-9-22(10-12-23)31-17-16-28-14-2-3-15-28/h4-13,18,29H,2-3,14-17H2,1H3. The quantitative estimate of drug-likeness (QED) is 0.322. The van der Waals surface area contributed by atoms with Gasteiger partial charge < -0.3 is 19.3 Å². The number of fused-ring (bicyclic) bond motifs is 1. The molecule has 0 amide bonds. The molecule has 1 N–H and O–H groups in total. The van der Waals surface area contributed by atoms with Crippen LogP contribution >= 0.6 is 11.3 Å². The van der Waals surface area contributed by atoms with Gasteiger partial charge in [0.05, 0.1) is 12.0 Å². The van der Waals surface area contributed by atoms with E-state index in [-0.39, 0.29) is 5.75 Å². The van der Waals surface area contributed by atoms with E-state index in [0.717, 1.165) is 50.1 Å². The third kappa shape index (κ3) is 4.92. The number of thiophene rings is 1. The lowest BCUT2D eigenvalue weighted by Crippen LogP contribution is -2.25. The first-order chi connectivity index (χ1) is 16.2. The Bertz CT molecular complexity index is 1210. The van der Waals surface area contributed by atoms with Gasteiger partial charge in [-0.2, -0.15) is 0 Å². The molecule has 4 aromatic rings. The fourth-order valence-electron chi connectivity index (χ4n) is 4.12. The molecule has 0 aliphatic carbocycles. The summed E-state index contributed by atoms with van der Waals surface area (Å²) in [4.78, 5) is 3.45. The van der Waals surface area contributed by atoms with Crippen LogP contribution in [-0.2, 0) is 0 Å². The SMILES string of the molecule is COc1ccc(-c2sc3cc(O)ccc3c2Oc2ccc(OCCN3CCCC3)cc2)cc1. The number of likely N-dealkylation sites (tertiary alicyclic amines) is 1. The number of methoxy groups -OCH3 is 1. The molecule has 1 fully saturated rings. The van der Waals surface area contributed by atoms with E-state index in [1.807, 2.05) is 54.6 Å². The highest BCUT2D eigenvalue weighted by molar-refractivity contribution is 7.22. The minimum absolute atomic E-state index is 0.243. The van der Waals surface area contributed by atoms with E-state index < -0.39 is 0 Å². The fraction of sp³-hybridized carbons (Fsp3) is 0.259. The number of phenolic OH excluding ortho intramolecular Hbond substituents is 1. The van der Waals surface area contributed by atoms with E-state index >= 15 is 0 Å². The summed E-state index contributed by atoms with van der Waals surface area (Å²) in [7, 11) is 1.66. The second-order valence-electron chi connectivity index (χ2n) is 8.14. The lowest BCUT2D eigenvalue weighted by Gasteiger charge is -2.15. The van der Waals surface area contributed by atoms with Crippen molar-refractivity contribution in [3.05, 3.63) is 66.7 Å². The third-order valence-corrected chi connectivity index (χ3v) is 7.08. The highest BCUT2D eigenvalue weighted by atomic mass is 32.1. The van der Waals surface area contributed by atoms with Crippen molar-refractivity contribution in [3.8, 4) is 39.2 Å². The van der Waals surface area contributed by atoms with Crippen LogP contribution in [0.25, 0.3) is 20.5 Å². The van der Waals surface area contributed by atoms with Crippen molar-refractivity contribution < 1.29 is 19.3 Å². The Hall–Kier alpha value is -3.22. The molecule has 170 valence electrons. The highest BCUT2D eigenvalue weighted by Gasteiger charge is 2.17. The minimum atomic E-state index is 0.243. The normalized spacial score (nSPS) is 14.0. The van der Waals surface area contributed by atoms with Gasteiger partial charge in [-0.05, 0) is 98.2 Å². The van der Waals surface area contributed by atoms with Crippen LogP contribution in [0.5, 0.6) is 28.7 Å². The van der Waals surface area contributed by atoms with Gasteiger partial charge in [-0.15, -0.1) is 11.3 Å². The Balaban J connectivity index is 1.37. The maximum Gasteiger partial charge on any atom is 0.153 e. The molecule has 1 aromatic heterocycles. The monoisotopic (exact) mass is 461 g/mol. The van der Waals surface area contributed by atoms with Gasteiger partial charge in [0, 0.05) is 16.6 Å². The second-order valence-corrected chi connectivity index (χ2v) is 9.19. The summed E-state index contributed by atoms with van der Waals surface area (Å²) >= 11 is 1.59. The summed E-state index contributed by atoms with van der Waals surface area (Å²) in [5.41, 5.74) is 1.04. The lowest BCUT2D eigenvalue weighted by molar-refractivity contribution is 0.237. The van der Waals surface area contributed by atoms with Gasteiger partial charge in [-0.3, -0.25) is 4.90 Å². The van der Waals surface area contributed by atoms with Crippen LogP contribution < -0.4 is 14.2 Å². The van der Waals surface area contributed by atoms with Crippen LogP contribution in [0, 0.1) is 0 Å². The largest absolute Gasteiger partial charge is 0.508 e. The van der Waals surface area contributed by atoms with Gasteiger partial charge in [0.1, 0.15) is 29.6 Å². The Kier molecular flexibility index (Phi) is 6.37. The van der Waals surface area contributed by atoms with Gasteiger partial charge in [-0.1, -0.05) is 0 Å². The molecular weight excluding hydrogens is 434 g/mol. The maximum atomic E-state index is 9.96. The van der Waals surface area contributed by atoms with E-state index in [1.54, 1.807) is 30.6 Å². The Morgan fingerprint density at radius 2 is 1.58 bits per heavy atom. The summed E-state index contributed by atoms with van der Waals surface area (Å²) in [5.74, 6) is 3.41. The lowest BCUT2D eigenvalue weighted by atomic mass is 10.1. The van der Waals surface area contributed by atoms with Crippen LogP contribution in [0.3, 0.4) is 0 Å². The molecule has 6 heteroatoms. The molecule has 1 aliphatic rings. The van der Waals surface area contributed by atoms with Gasteiger partial charge in [0.25, 0.3) is 0 Å². The number of hydrogen-bond donors (Lipinski definition) is 1. The van der Waals surface area contributed by atoms with Crippen molar-refractivity contribution in [1.82, 2.24) is 4.90 Å². The smallest absolute Gasteiger partial charge is 0.153 e. The molecule has 1 aliphatic heterocycles. The molecule has 0 bridgehead atoms. The summed E-state index contributed by atoms with van der Waals surface area (Å²) in [6.07, 6.45) is 2.59. The summed E-state index contributed by atoms with van der Waals surface area (Å²) in [6.45, 7) is 4.02. The number of rotatable bonds is 8. The second kappa shape index (κ2) is 9.73. The Morgan fingerprint density at radius 1 is 0.879 bits per heavy atom. The molecule has 3 aromatic carbocycles. The van der Waals surface area contributed by atoms with Gasteiger partial charge in [-0.25, -0.2) is 0 Å². The van der Waals surface area contributed by atoms with Crippen molar-refractivity contribution in [1.29, 1.82) is 0 Å². The summed E-state index contributed by atoms with van der Waals surface area (Å²) in [5, 5.41) is 10.9. The first kappa shape index (κ1) is 21.6. The fourth-order valence-corrected chi connectivity index (χ4v) is 5.28. The van der Waals surface area contributed by atoms with E-state index in [4.69, 9.17) is 14.2 Å². The molecule has 0 saturated carbocycles. The number of benzene rings is 3. The van der Waals surface area contributed by atoms with E-state index in [0.29, 0.717) is 6.61 Å². The van der Waals surface area contributed by atoms with Crippen molar-refractivity contribution >= 4 is 21.4 Å². The predicted octanol–water partition coefficient (Wildman–Crippen LogP) is 6.55. The van der Waals surface area contributed by atoms with Gasteiger partial charge in [0.2, 0.25) is 0 Å². The van der Waals surface area contributed by atoms with E-state index in [2.05, 4.69) is 4.90 Å². The van der Waals surface area contributed by atoms with E-state index in [1.165, 1.54) is 25.9 Å². The highest BCUT2D eigenvalue weighted by Crippen LogP contribution is 2.47. The number of hydrogen-bond acceptors (Lipinski definition) is 6. The number of phenols is 1. The molecule has 5 rings (SSSR count). The molecule has 33 heavy (non-hydrogen) atoms. The number of ether oxygens (including phenoxy) is 3. The first-order valence-corrected chi connectivity index (χ1v) is 12.0. The summed E-state index contributed by atoms with van der Waals surface area (Å²) in [6, 6.07) is 21.1. The molecule has 5 nitrogen and oxygen atoms in total. The van der Waals surface area contributed by atoms with Crippen molar-refractivity contribution in [2.75, 3.05) is 33.4 Å². The first-order valence-electron chi connectivity index (χ1n) is 11.2. The number of aromatic hydroxyl groups is 1. The Morgan fingerprint density at radius 3 is 2.30 bits per heavy atom. The zero-order valence-corrected chi connectivity index (χ0v) is 19.4. The molecule has 0 spiro atoms. The zero-order valence-electron chi connectivity index (χ0n) is 18.6. The molecule has 2 heterocycles. The minimum Gasteiger partial charge on any atom is -0.508 e. The van der Waals surface area contributed by atoms with Crippen molar-refractivity contribution in [2.45, 2.75) is 12.8 Å². The number of nitrogens with zero attached hydrogens (tertiary/aromatic N) is 1. The van der Waals surface area contributed by atoms with Crippen molar-refractivity contribution in [2.24, 2.45) is 0 Å². The third-order valence-electron chi connectivity index (χ3n) is 5.90. The molecule has 1 saturated heterocycles. The van der Waals surface area contributed by atoms with Crippen LogP contribution in [0.15, 0.2) is 66.7 Å². The predicted molar refractivity (Wildman–Crippen MR) is 133 cm³/mol.